The van der Waals surface area contributed by atoms with Crippen LogP contribution in [0.2, 0.25) is 0 Å². The number of rotatable bonds is 3. The molecule has 5 nitrogen and oxygen atoms in total. The van der Waals surface area contributed by atoms with Crippen molar-refractivity contribution in [3.05, 3.63) is 64.7 Å². The summed E-state index contributed by atoms with van der Waals surface area (Å²) in [4.78, 5) is 27.8. The first-order valence-corrected chi connectivity index (χ1v) is 6.37. The van der Waals surface area contributed by atoms with Crippen LogP contribution >= 0.6 is 0 Å². The molecule has 0 atom stereocenters. The molecular weight excluding hydrogens is 280 g/mol. The van der Waals surface area contributed by atoms with Gasteiger partial charge < -0.3 is 9.67 Å². The zero-order chi connectivity index (χ0) is 20.0. The Morgan fingerprint density at radius 2 is 2.09 bits per heavy atom. The summed E-state index contributed by atoms with van der Waals surface area (Å²) in [5.41, 5.74) is -0.200. The fourth-order valence-corrected chi connectivity index (χ4v) is 2.29. The lowest BCUT2D eigenvalue weighted by molar-refractivity contribution is 0.0695. The molecule has 5 heteroatoms. The maximum absolute atomic E-state index is 12.5. The predicted octanol–water partition coefficient (Wildman–Crippen LogP) is 2.78. The van der Waals surface area contributed by atoms with Crippen LogP contribution in [0.3, 0.4) is 0 Å². The van der Waals surface area contributed by atoms with Crippen molar-refractivity contribution in [2.24, 2.45) is 0 Å². The van der Waals surface area contributed by atoms with Crippen LogP contribution in [0, 0.1) is 0 Å². The second kappa shape index (κ2) is 5.44. The van der Waals surface area contributed by atoms with Gasteiger partial charge in [0, 0.05) is 37.3 Å². The van der Waals surface area contributed by atoms with E-state index in [1.165, 1.54) is 12.1 Å². The number of nitrogens with zero attached hydrogens (tertiary/aromatic N) is 2. The Labute approximate surface area is 133 Å². The minimum atomic E-state index is -3.09. The van der Waals surface area contributed by atoms with Crippen molar-refractivity contribution in [2.75, 3.05) is 0 Å². The molecule has 1 N–H and O–H groups in total. The summed E-state index contributed by atoms with van der Waals surface area (Å²) in [6.45, 7) is -6.02. The molecule has 110 valence electrons. The minimum Gasteiger partial charge on any atom is -0.477 e. The number of aryl methyl sites for hydroxylation is 1. The number of aromatic carboxylic acids is 1. The summed E-state index contributed by atoms with van der Waals surface area (Å²) in [7, 11) is 0. The average Bonchev–Trinajstić information content (AvgIpc) is 2.61. The molecule has 1 aromatic carbocycles. The summed E-state index contributed by atoms with van der Waals surface area (Å²) in [6.07, 6.45) is 3.86. The first-order chi connectivity index (χ1) is 12.5. The van der Waals surface area contributed by atoms with Crippen molar-refractivity contribution in [3.8, 4) is 11.1 Å². The van der Waals surface area contributed by atoms with Gasteiger partial charge in [0.25, 0.3) is 0 Å². The van der Waals surface area contributed by atoms with Gasteiger partial charge in [0.2, 0.25) is 5.43 Å². The fraction of sp³-hybridized carbons (Fsp3) is 0.118. The van der Waals surface area contributed by atoms with Crippen LogP contribution in [0.5, 0.6) is 0 Å². The van der Waals surface area contributed by atoms with Crippen molar-refractivity contribution in [3.63, 3.8) is 0 Å². The van der Waals surface area contributed by atoms with Crippen molar-refractivity contribution in [2.45, 2.75) is 13.3 Å². The SMILES string of the molecule is [2H]C([2H])([2H])C([2H])([2H])n1cc(C(=O)O)c(=O)c2ccc(-c3ccncc3)cc21. The van der Waals surface area contributed by atoms with Gasteiger partial charge in [-0.3, -0.25) is 9.78 Å². The van der Waals surface area contributed by atoms with Crippen molar-refractivity contribution in [1.82, 2.24) is 9.55 Å². The van der Waals surface area contributed by atoms with Gasteiger partial charge in [0.1, 0.15) is 5.56 Å². The molecule has 0 aliphatic heterocycles. The van der Waals surface area contributed by atoms with E-state index in [-0.39, 0.29) is 10.9 Å². The summed E-state index contributed by atoms with van der Waals surface area (Å²) in [5, 5.41) is 9.18. The molecule has 0 amide bonds. The Balaban J connectivity index is 2.42. The quantitative estimate of drug-likeness (QED) is 0.807. The normalized spacial score (nSPS) is 15.4. The van der Waals surface area contributed by atoms with Gasteiger partial charge in [-0.15, -0.1) is 0 Å². The van der Waals surface area contributed by atoms with Gasteiger partial charge in [0.05, 0.1) is 5.52 Å². The highest BCUT2D eigenvalue weighted by Gasteiger charge is 2.14. The molecule has 0 bridgehead atoms. The van der Waals surface area contributed by atoms with E-state index < -0.39 is 30.3 Å². The first-order valence-electron chi connectivity index (χ1n) is 8.87. The molecule has 0 unspecified atom stereocenters. The summed E-state index contributed by atoms with van der Waals surface area (Å²) in [6, 6.07) is 7.81. The third kappa shape index (κ3) is 2.26. The van der Waals surface area contributed by atoms with Crippen LogP contribution in [-0.2, 0) is 6.50 Å². The first kappa shape index (κ1) is 9.15. The highest BCUT2D eigenvalue weighted by Crippen LogP contribution is 2.23. The Hall–Kier alpha value is -2.95. The van der Waals surface area contributed by atoms with Crippen LogP contribution in [0.25, 0.3) is 22.0 Å². The van der Waals surface area contributed by atoms with E-state index >= 15 is 0 Å². The second-order valence-electron chi connectivity index (χ2n) is 4.63. The Bertz CT molecular complexity index is 1090. The number of aromatic nitrogens is 2. The molecule has 0 aliphatic carbocycles. The molecule has 2 aromatic heterocycles. The van der Waals surface area contributed by atoms with Crippen LogP contribution in [0.15, 0.2) is 53.7 Å². The largest absolute Gasteiger partial charge is 0.477 e. The fourth-order valence-electron chi connectivity index (χ4n) is 2.29. The van der Waals surface area contributed by atoms with Gasteiger partial charge in [-0.25, -0.2) is 4.79 Å². The van der Waals surface area contributed by atoms with Crippen LogP contribution in [-0.4, -0.2) is 20.6 Å². The Morgan fingerprint density at radius 1 is 1.32 bits per heavy atom. The summed E-state index contributed by atoms with van der Waals surface area (Å²) >= 11 is 0. The van der Waals surface area contributed by atoms with Crippen LogP contribution < -0.4 is 5.43 Å². The Morgan fingerprint density at radius 3 is 2.77 bits per heavy atom. The maximum atomic E-state index is 12.5. The predicted molar refractivity (Wildman–Crippen MR) is 84.1 cm³/mol. The molecule has 0 saturated heterocycles. The Kier molecular flexibility index (Phi) is 2.26. The third-order valence-corrected chi connectivity index (χ3v) is 3.37. The number of benzene rings is 1. The lowest BCUT2D eigenvalue weighted by Gasteiger charge is -2.11. The van der Waals surface area contributed by atoms with Gasteiger partial charge in [-0.05, 0) is 42.2 Å². The number of carbonyl (C=O) groups is 1. The monoisotopic (exact) mass is 299 g/mol. The zero-order valence-electron chi connectivity index (χ0n) is 16.3. The summed E-state index contributed by atoms with van der Waals surface area (Å²) < 4.78 is 39.3. The highest BCUT2D eigenvalue weighted by molar-refractivity contribution is 5.93. The number of pyridine rings is 2. The molecule has 3 aromatic rings. The smallest absolute Gasteiger partial charge is 0.341 e. The van der Waals surface area contributed by atoms with E-state index in [0.29, 0.717) is 10.1 Å². The van der Waals surface area contributed by atoms with Crippen molar-refractivity contribution >= 4 is 16.9 Å². The lowest BCUT2D eigenvalue weighted by atomic mass is 10.0. The number of hydrogen-bond donors (Lipinski definition) is 1. The average molecular weight is 299 g/mol. The molecular formula is C17H14N2O3. The second-order valence-corrected chi connectivity index (χ2v) is 4.63. The highest BCUT2D eigenvalue weighted by atomic mass is 16.4. The van der Waals surface area contributed by atoms with E-state index in [1.807, 2.05) is 0 Å². The molecule has 0 spiro atoms. The van der Waals surface area contributed by atoms with E-state index in [1.54, 1.807) is 30.6 Å². The maximum Gasteiger partial charge on any atom is 0.341 e. The van der Waals surface area contributed by atoms with Gasteiger partial charge in [-0.1, -0.05) is 6.07 Å². The molecule has 0 aliphatic rings. The minimum absolute atomic E-state index is 0.0135. The molecule has 0 fully saturated rings. The molecule has 22 heavy (non-hydrogen) atoms. The van der Waals surface area contributed by atoms with E-state index in [9.17, 15) is 14.7 Å². The molecule has 0 radical (unpaired) electrons. The van der Waals surface area contributed by atoms with Gasteiger partial charge in [-0.2, -0.15) is 0 Å². The van der Waals surface area contributed by atoms with Crippen molar-refractivity contribution in [1.29, 1.82) is 0 Å². The number of hydrogen-bond acceptors (Lipinski definition) is 3. The lowest BCUT2D eigenvalue weighted by Crippen LogP contribution is -2.18. The van der Waals surface area contributed by atoms with Crippen molar-refractivity contribution < 1.29 is 16.8 Å². The standard InChI is InChI=1S/C17H14N2O3/c1-2-19-10-14(17(21)22)16(20)13-4-3-12(9-15(13)19)11-5-7-18-8-6-11/h3-10H,2H2,1H3,(H,21,22)/i1D3,2D2. The molecule has 2 heterocycles. The number of carboxylic acid groups (broad SMARTS) is 1. The van der Waals surface area contributed by atoms with Gasteiger partial charge in [0.15, 0.2) is 0 Å². The van der Waals surface area contributed by atoms with Crippen LogP contribution in [0.1, 0.15) is 24.1 Å². The number of carboxylic acids is 1. The topological polar surface area (TPSA) is 72.2 Å². The molecule has 3 rings (SSSR count). The third-order valence-electron chi connectivity index (χ3n) is 3.37. The van der Waals surface area contributed by atoms with E-state index in [2.05, 4.69) is 4.98 Å². The van der Waals surface area contributed by atoms with E-state index in [4.69, 9.17) is 6.85 Å². The van der Waals surface area contributed by atoms with E-state index in [0.717, 1.165) is 11.8 Å². The number of fused-ring (bicyclic) bond motifs is 1. The summed E-state index contributed by atoms with van der Waals surface area (Å²) in [5.74, 6) is -1.56. The van der Waals surface area contributed by atoms with Crippen LogP contribution in [0.4, 0.5) is 0 Å². The van der Waals surface area contributed by atoms with Gasteiger partial charge >= 0.3 is 5.97 Å². The molecule has 0 saturated carbocycles. The zero-order valence-corrected chi connectivity index (χ0v) is 11.3.